The van der Waals surface area contributed by atoms with Gasteiger partial charge in [-0.3, -0.25) is 4.79 Å². The Morgan fingerprint density at radius 3 is 2.78 bits per heavy atom. The van der Waals surface area contributed by atoms with Crippen LogP contribution in [0.4, 0.5) is 5.69 Å². The summed E-state index contributed by atoms with van der Waals surface area (Å²) in [5, 5.41) is 2.94. The fourth-order valence-corrected chi connectivity index (χ4v) is 2.60. The highest BCUT2D eigenvalue weighted by molar-refractivity contribution is 5.95. The van der Waals surface area contributed by atoms with Crippen LogP contribution < -0.4 is 5.32 Å². The van der Waals surface area contributed by atoms with E-state index in [1.54, 1.807) is 0 Å². The van der Waals surface area contributed by atoms with Crippen LogP contribution in [0, 0.1) is 6.92 Å². The highest BCUT2D eigenvalue weighted by Gasteiger charge is 2.25. The third-order valence-corrected chi connectivity index (χ3v) is 3.44. The van der Waals surface area contributed by atoms with Gasteiger partial charge in [-0.25, -0.2) is 0 Å². The van der Waals surface area contributed by atoms with Gasteiger partial charge in [0.05, 0.1) is 0 Å². The van der Waals surface area contributed by atoms with E-state index in [9.17, 15) is 4.79 Å². The van der Waals surface area contributed by atoms with Gasteiger partial charge < -0.3 is 5.32 Å². The number of nitrogens with one attached hydrogen (secondary N) is 1. The van der Waals surface area contributed by atoms with Gasteiger partial charge in [0.25, 0.3) is 0 Å². The molecule has 0 unspecified atom stereocenters. The van der Waals surface area contributed by atoms with Crippen molar-refractivity contribution in [3.63, 3.8) is 0 Å². The third kappa shape index (κ3) is 1.90. The van der Waals surface area contributed by atoms with Crippen molar-refractivity contribution in [3.8, 4) is 0 Å². The molecule has 2 heteroatoms. The number of hydrogen-bond acceptors (Lipinski definition) is 1. The number of hydrogen-bond donors (Lipinski definition) is 1. The van der Waals surface area contributed by atoms with E-state index >= 15 is 0 Å². The zero-order chi connectivity index (χ0) is 12.5. The number of anilines is 1. The maximum atomic E-state index is 11.8. The van der Waals surface area contributed by atoms with E-state index in [-0.39, 0.29) is 11.8 Å². The molecule has 1 aliphatic rings. The zero-order valence-electron chi connectivity index (χ0n) is 10.3. The topological polar surface area (TPSA) is 29.1 Å². The second kappa shape index (κ2) is 4.30. The van der Waals surface area contributed by atoms with Gasteiger partial charge in [-0.05, 0) is 24.1 Å². The van der Waals surface area contributed by atoms with Gasteiger partial charge in [0, 0.05) is 18.0 Å². The van der Waals surface area contributed by atoms with E-state index in [0.29, 0.717) is 6.42 Å². The first-order chi connectivity index (χ1) is 8.74. The highest BCUT2D eigenvalue weighted by atomic mass is 16.1. The van der Waals surface area contributed by atoms with Crippen molar-refractivity contribution < 1.29 is 4.79 Å². The largest absolute Gasteiger partial charge is 0.326 e. The second-order valence-corrected chi connectivity index (χ2v) is 4.81. The minimum Gasteiger partial charge on any atom is -0.326 e. The third-order valence-electron chi connectivity index (χ3n) is 3.44. The number of amides is 1. The molecular weight excluding hydrogens is 222 g/mol. The van der Waals surface area contributed by atoms with E-state index in [0.717, 1.165) is 5.69 Å². The lowest BCUT2D eigenvalue weighted by Crippen LogP contribution is -2.23. The molecule has 18 heavy (non-hydrogen) atoms. The van der Waals surface area contributed by atoms with Crippen molar-refractivity contribution in [3.05, 3.63) is 65.2 Å². The van der Waals surface area contributed by atoms with Crippen LogP contribution in [0.5, 0.6) is 0 Å². The first kappa shape index (κ1) is 11.0. The average molecular weight is 237 g/mol. The monoisotopic (exact) mass is 237 g/mol. The lowest BCUT2D eigenvalue weighted by atomic mass is 9.84. The standard InChI is InChI=1S/C16H15NO/c1-11-5-4-6-12(9-11)14-10-16(18)17-15-8-3-2-7-13(14)15/h2-9,14H,10H2,1H3,(H,17,18)/t14-/m0/s1. The van der Waals surface area contributed by atoms with Gasteiger partial charge in [0.1, 0.15) is 0 Å². The van der Waals surface area contributed by atoms with Crippen molar-refractivity contribution in [2.75, 3.05) is 5.32 Å². The Kier molecular flexibility index (Phi) is 2.63. The predicted molar refractivity (Wildman–Crippen MR) is 72.7 cm³/mol. The van der Waals surface area contributed by atoms with Crippen molar-refractivity contribution in [2.24, 2.45) is 0 Å². The zero-order valence-corrected chi connectivity index (χ0v) is 10.3. The molecule has 0 saturated carbocycles. The molecule has 0 bridgehead atoms. The van der Waals surface area contributed by atoms with E-state index in [1.165, 1.54) is 16.7 Å². The summed E-state index contributed by atoms with van der Waals surface area (Å²) >= 11 is 0. The summed E-state index contributed by atoms with van der Waals surface area (Å²) in [6.07, 6.45) is 0.528. The van der Waals surface area contributed by atoms with Crippen LogP contribution in [-0.2, 0) is 4.79 Å². The van der Waals surface area contributed by atoms with Crippen molar-refractivity contribution >= 4 is 11.6 Å². The molecule has 1 amide bonds. The molecule has 0 saturated heterocycles. The molecule has 3 rings (SSSR count). The van der Waals surface area contributed by atoms with Crippen LogP contribution >= 0.6 is 0 Å². The lowest BCUT2D eigenvalue weighted by molar-refractivity contribution is -0.116. The number of carbonyl (C=O) groups excluding carboxylic acids is 1. The number of para-hydroxylation sites is 1. The quantitative estimate of drug-likeness (QED) is 0.808. The molecule has 0 radical (unpaired) electrons. The van der Waals surface area contributed by atoms with Crippen LogP contribution in [0.3, 0.4) is 0 Å². The fraction of sp³-hybridized carbons (Fsp3) is 0.188. The summed E-state index contributed by atoms with van der Waals surface area (Å²) in [5.74, 6) is 0.273. The minimum absolute atomic E-state index is 0.0974. The van der Waals surface area contributed by atoms with E-state index in [4.69, 9.17) is 0 Å². The first-order valence-corrected chi connectivity index (χ1v) is 6.19. The molecule has 1 aliphatic heterocycles. The van der Waals surface area contributed by atoms with Crippen LogP contribution in [0.15, 0.2) is 48.5 Å². The SMILES string of the molecule is Cc1cccc([C@@H]2CC(=O)Nc3ccccc32)c1. The number of benzene rings is 2. The Labute approximate surface area is 107 Å². The van der Waals surface area contributed by atoms with Crippen LogP contribution in [-0.4, -0.2) is 5.91 Å². The van der Waals surface area contributed by atoms with E-state index < -0.39 is 0 Å². The first-order valence-electron chi connectivity index (χ1n) is 6.19. The van der Waals surface area contributed by atoms with Gasteiger partial charge in [-0.1, -0.05) is 48.0 Å². The molecule has 1 N–H and O–H groups in total. The van der Waals surface area contributed by atoms with Crippen LogP contribution in [0.1, 0.15) is 29.0 Å². The highest BCUT2D eigenvalue weighted by Crippen LogP contribution is 2.36. The molecule has 2 aromatic carbocycles. The van der Waals surface area contributed by atoms with Crippen LogP contribution in [0.2, 0.25) is 0 Å². The number of fused-ring (bicyclic) bond motifs is 1. The Morgan fingerprint density at radius 1 is 1.11 bits per heavy atom. The van der Waals surface area contributed by atoms with Crippen molar-refractivity contribution in [2.45, 2.75) is 19.3 Å². The molecule has 2 nitrogen and oxygen atoms in total. The second-order valence-electron chi connectivity index (χ2n) is 4.81. The van der Waals surface area contributed by atoms with Gasteiger partial charge >= 0.3 is 0 Å². The maximum Gasteiger partial charge on any atom is 0.225 e. The summed E-state index contributed by atoms with van der Waals surface area (Å²) in [5.41, 5.74) is 4.61. The molecule has 1 atom stereocenters. The van der Waals surface area contributed by atoms with Gasteiger partial charge in [0.2, 0.25) is 5.91 Å². The lowest BCUT2D eigenvalue weighted by Gasteiger charge is -2.26. The maximum absolute atomic E-state index is 11.8. The molecule has 0 aromatic heterocycles. The molecule has 0 fully saturated rings. The van der Waals surface area contributed by atoms with Crippen molar-refractivity contribution in [1.29, 1.82) is 0 Å². The number of aryl methyl sites for hydroxylation is 1. The van der Waals surface area contributed by atoms with E-state index in [1.807, 2.05) is 18.2 Å². The summed E-state index contributed by atoms with van der Waals surface area (Å²) in [7, 11) is 0. The Morgan fingerprint density at radius 2 is 1.94 bits per heavy atom. The average Bonchev–Trinajstić information content (AvgIpc) is 2.37. The van der Waals surface area contributed by atoms with Crippen LogP contribution in [0.25, 0.3) is 0 Å². The van der Waals surface area contributed by atoms with Gasteiger partial charge in [-0.2, -0.15) is 0 Å². The summed E-state index contributed by atoms with van der Waals surface area (Å²) in [6.45, 7) is 2.08. The van der Waals surface area contributed by atoms with Gasteiger partial charge in [0.15, 0.2) is 0 Å². The Balaban J connectivity index is 2.10. The van der Waals surface area contributed by atoms with E-state index in [2.05, 4.69) is 42.6 Å². The van der Waals surface area contributed by atoms with Crippen molar-refractivity contribution in [1.82, 2.24) is 0 Å². The molecule has 0 spiro atoms. The van der Waals surface area contributed by atoms with Gasteiger partial charge in [-0.15, -0.1) is 0 Å². The number of carbonyl (C=O) groups is 1. The normalized spacial score (nSPS) is 18.1. The fourth-order valence-electron chi connectivity index (χ4n) is 2.60. The Bertz CT molecular complexity index is 604. The molecule has 1 heterocycles. The molecule has 90 valence electrons. The summed E-state index contributed by atoms with van der Waals surface area (Å²) in [4.78, 5) is 11.8. The Hall–Kier alpha value is -2.09. The minimum atomic E-state index is 0.0974. The number of rotatable bonds is 1. The summed E-state index contributed by atoms with van der Waals surface area (Å²) in [6, 6.07) is 16.5. The smallest absolute Gasteiger partial charge is 0.225 e. The molecular formula is C16H15NO. The predicted octanol–water partition coefficient (Wildman–Crippen LogP) is 3.47. The molecule has 2 aromatic rings. The molecule has 0 aliphatic carbocycles. The summed E-state index contributed by atoms with van der Waals surface area (Å²) < 4.78 is 0.